The summed E-state index contributed by atoms with van der Waals surface area (Å²) >= 11 is 0. The maximum atomic E-state index is 12.2. The average Bonchev–Trinajstić information content (AvgIpc) is 3.30. The summed E-state index contributed by atoms with van der Waals surface area (Å²) in [5, 5.41) is 0. The van der Waals surface area contributed by atoms with Crippen molar-refractivity contribution in [3.8, 4) is 0 Å². The van der Waals surface area contributed by atoms with Crippen LogP contribution >= 0.6 is 0 Å². The molecule has 0 heterocycles. The first-order valence-electron chi connectivity index (χ1n) is 9.05. The van der Waals surface area contributed by atoms with E-state index >= 15 is 0 Å². The van der Waals surface area contributed by atoms with E-state index in [0.29, 0.717) is 12.3 Å². The van der Waals surface area contributed by atoms with Gasteiger partial charge in [0.2, 0.25) is 0 Å². The lowest BCUT2D eigenvalue weighted by molar-refractivity contribution is -0.175. The molecule has 0 aromatic carbocycles. The van der Waals surface area contributed by atoms with E-state index in [1.807, 2.05) is 19.9 Å². The Labute approximate surface area is 142 Å². The minimum atomic E-state index is -0.496. The highest BCUT2D eigenvalue weighted by Crippen LogP contribution is 2.41. The van der Waals surface area contributed by atoms with Crippen LogP contribution in [0.5, 0.6) is 0 Å². The van der Waals surface area contributed by atoms with Crippen molar-refractivity contribution < 1.29 is 23.9 Å². The van der Waals surface area contributed by atoms with E-state index in [9.17, 15) is 14.4 Å². The average molecular weight is 334 g/mol. The molecule has 2 saturated carbocycles. The van der Waals surface area contributed by atoms with Crippen molar-refractivity contribution in [3.05, 3.63) is 12.2 Å². The molecule has 2 bridgehead atoms. The van der Waals surface area contributed by atoms with Gasteiger partial charge in [0, 0.05) is 11.8 Å². The SMILES string of the molecule is CCC(C)(OC(=O)COC(=O)C1CC2C=CC1C2=O)C1CCCC1. The highest BCUT2D eigenvalue weighted by atomic mass is 16.6. The second kappa shape index (κ2) is 6.69. The fraction of sp³-hybridized carbons (Fsp3) is 0.737. The summed E-state index contributed by atoms with van der Waals surface area (Å²) in [4.78, 5) is 36.1. The fourth-order valence-corrected chi connectivity index (χ4v) is 4.39. The third-order valence-electron chi connectivity index (χ3n) is 6.09. The third kappa shape index (κ3) is 3.13. The molecular weight excluding hydrogens is 308 g/mol. The summed E-state index contributed by atoms with van der Waals surface area (Å²) in [5.41, 5.74) is -0.481. The van der Waals surface area contributed by atoms with E-state index in [0.717, 1.165) is 19.3 Å². The molecule has 4 atom stereocenters. The van der Waals surface area contributed by atoms with Gasteiger partial charge in [-0.15, -0.1) is 0 Å². The molecule has 3 aliphatic rings. The van der Waals surface area contributed by atoms with Gasteiger partial charge in [-0.05, 0) is 38.5 Å². The smallest absolute Gasteiger partial charge is 0.344 e. The zero-order valence-electron chi connectivity index (χ0n) is 14.5. The highest BCUT2D eigenvalue weighted by molar-refractivity contribution is 5.97. The largest absolute Gasteiger partial charge is 0.457 e. The maximum absolute atomic E-state index is 12.2. The second-order valence-corrected chi connectivity index (χ2v) is 7.49. The molecular formula is C19H26O5. The van der Waals surface area contributed by atoms with Gasteiger partial charge >= 0.3 is 11.9 Å². The molecule has 0 aliphatic heterocycles. The molecule has 0 aromatic rings. The van der Waals surface area contributed by atoms with Crippen molar-refractivity contribution in [3.63, 3.8) is 0 Å². The molecule has 24 heavy (non-hydrogen) atoms. The molecule has 0 aromatic heterocycles. The standard InChI is InChI=1S/C19H26O5/c1-3-19(2,13-6-4-5-7-13)24-16(20)11-23-18(22)15-10-12-8-9-14(15)17(12)21/h8-9,12-15H,3-7,10-11H2,1-2H3. The molecule has 132 valence electrons. The van der Waals surface area contributed by atoms with Crippen molar-refractivity contribution in [2.24, 2.45) is 23.7 Å². The van der Waals surface area contributed by atoms with Crippen LogP contribution in [0.1, 0.15) is 52.4 Å². The van der Waals surface area contributed by atoms with Crippen molar-refractivity contribution in [2.75, 3.05) is 6.61 Å². The zero-order chi connectivity index (χ0) is 17.3. The quantitative estimate of drug-likeness (QED) is 0.552. The molecule has 2 fully saturated rings. The Morgan fingerprint density at radius 1 is 1.25 bits per heavy atom. The molecule has 3 aliphatic carbocycles. The number of hydrogen-bond acceptors (Lipinski definition) is 5. The Morgan fingerprint density at radius 2 is 1.96 bits per heavy atom. The van der Waals surface area contributed by atoms with E-state index < -0.39 is 23.5 Å². The summed E-state index contributed by atoms with van der Waals surface area (Å²) in [6, 6.07) is 0. The number of hydrogen-bond donors (Lipinski definition) is 0. The third-order valence-corrected chi connectivity index (χ3v) is 6.09. The zero-order valence-corrected chi connectivity index (χ0v) is 14.5. The first-order chi connectivity index (χ1) is 11.4. The number of ether oxygens (including phenoxy) is 2. The lowest BCUT2D eigenvalue weighted by Gasteiger charge is -2.34. The van der Waals surface area contributed by atoms with E-state index in [1.165, 1.54) is 12.8 Å². The van der Waals surface area contributed by atoms with Gasteiger partial charge in [0.05, 0.1) is 5.92 Å². The van der Waals surface area contributed by atoms with Gasteiger partial charge in [0.15, 0.2) is 6.61 Å². The molecule has 5 nitrogen and oxygen atoms in total. The Morgan fingerprint density at radius 3 is 2.50 bits per heavy atom. The number of ketones is 1. The number of fused-ring (bicyclic) bond motifs is 2. The monoisotopic (exact) mass is 334 g/mol. The number of carbonyl (C=O) groups excluding carboxylic acids is 3. The summed E-state index contributed by atoms with van der Waals surface area (Å²) in [5.74, 6) is -1.42. The van der Waals surface area contributed by atoms with Crippen LogP contribution in [0.3, 0.4) is 0 Å². The predicted molar refractivity (Wildman–Crippen MR) is 86.9 cm³/mol. The number of esters is 2. The molecule has 0 radical (unpaired) electrons. The topological polar surface area (TPSA) is 69.7 Å². The van der Waals surface area contributed by atoms with Gasteiger partial charge in [0.1, 0.15) is 11.4 Å². The molecule has 0 spiro atoms. The Hall–Kier alpha value is -1.65. The minimum Gasteiger partial charge on any atom is -0.457 e. The fourth-order valence-electron chi connectivity index (χ4n) is 4.39. The van der Waals surface area contributed by atoms with Gasteiger partial charge in [-0.2, -0.15) is 0 Å². The first-order valence-corrected chi connectivity index (χ1v) is 9.05. The normalized spacial score (nSPS) is 31.2. The predicted octanol–water partition coefficient (Wildman–Crippen LogP) is 2.82. The summed E-state index contributed by atoms with van der Waals surface area (Å²) < 4.78 is 10.8. The van der Waals surface area contributed by atoms with Gasteiger partial charge in [-0.1, -0.05) is 31.9 Å². The van der Waals surface area contributed by atoms with E-state index in [1.54, 1.807) is 6.08 Å². The molecule has 3 rings (SSSR count). The lowest BCUT2D eigenvalue weighted by atomic mass is 9.85. The van der Waals surface area contributed by atoms with Gasteiger partial charge in [-0.25, -0.2) is 4.79 Å². The van der Waals surface area contributed by atoms with E-state index in [-0.39, 0.29) is 24.2 Å². The van der Waals surface area contributed by atoms with Crippen LogP contribution in [0, 0.1) is 23.7 Å². The minimum absolute atomic E-state index is 0.0966. The molecule has 0 amide bonds. The van der Waals surface area contributed by atoms with Crippen LogP contribution in [-0.2, 0) is 23.9 Å². The summed E-state index contributed by atoms with van der Waals surface area (Å²) in [7, 11) is 0. The van der Waals surface area contributed by atoms with Gasteiger partial charge in [0.25, 0.3) is 0 Å². The number of carbonyl (C=O) groups is 3. The van der Waals surface area contributed by atoms with Crippen LogP contribution in [0.2, 0.25) is 0 Å². The number of Topliss-reactive ketones (excluding diaryl/α,β-unsaturated/α-hetero) is 1. The van der Waals surface area contributed by atoms with Gasteiger partial charge in [-0.3, -0.25) is 9.59 Å². The molecule has 5 heteroatoms. The highest BCUT2D eigenvalue weighted by Gasteiger charge is 2.47. The Kier molecular flexibility index (Phi) is 4.79. The van der Waals surface area contributed by atoms with Crippen LogP contribution in [0.25, 0.3) is 0 Å². The Bertz CT molecular complexity index is 560. The van der Waals surface area contributed by atoms with Crippen LogP contribution in [0.4, 0.5) is 0 Å². The van der Waals surface area contributed by atoms with Crippen molar-refractivity contribution >= 4 is 17.7 Å². The maximum Gasteiger partial charge on any atom is 0.344 e. The summed E-state index contributed by atoms with van der Waals surface area (Å²) in [6.45, 7) is 3.62. The van der Waals surface area contributed by atoms with Crippen molar-refractivity contribution in [1.82, 2.24) is 0 Å². The van der Waals surface area contributed by atoms with Crippen molar-refractivity contribution in [2.45, 2.75) is 58.0 Å². The lowest BCUT2D eigenvalue weighted by Crippen LogP contribution is -2.39. The number of rotatable bonds is 6. The van der Waals surface area contributed by atoms with Gasteiger partial charge < -0.3 is 9.47 Å². The first kappa shape index (κ1) is 17.2. The number of allylic oxidation sites excluding steroid dienone is 2. The molecule has 0 saturated heterocycles. The molecule has 4 unspecified atom stereocenters. The van der Waals surface area contributed by atoms with E-state index in [2.05, 4.69) is 0 Å². The van der Waals surface area contributed by atoms with E-state index in [4.69, 9.17) is 9.47 Å². The Balaban J connectivity index is 1.49. The second-order valence-electron chi connectivity index (χ2n) is 7.49. The van der Waals surface area contributed by atoms with Crippen LogP contribution in [-0.4, -0.2) is 29.9 Å². The van der Waals surface area contributed by atoms with Crippen LogP contribution < -0.4 is 0 Å². The molecule has 0 N–H and O–H groups in total. The summed E-state index contributed by atoms with van der Waals surface area (Å²) in [6.07, 6.45) is 9.42. The van der Waals surface area contributed by atoms with Crippen molar-refractivity contribution in [1.29, 1.82) is 0 Å². The van der Waals surface area contributed by atoms with Crippen LogP contribution in [0.15, 0.2) is 12.2 Å².